The van der Waals surface area contributed by atoms with E-state index in [1.54, 1.807) is 30.3 Å². The molecule has 0 aliphatic rings. The molecule has 3 nitrogen and oxygen atoms in total. The van der Waals surface area contributed by atoms with Crippen LogP contribution in [0.3, 0.4) is 0 Å². The molecule has 0 radical (unpaired) electrons. The van der Waals surface area contributed by atoms with Crippen molar-refractivity contribution < 1.29 is 40.6 Å². The van der Waals surface area contributed by atoms with Gasteiger partial charge < -0.3 is 9.47 Å². The summed E-state index contributed by atoms with van der Waals surface area (Å²) >= 11 is 0. The molecule has 0 saturated heterocycles. The topological polar surface area (TPSA) is 35.5 Å². The number of alkyl halides is 6. The molecule has 0 saturated carbocycles. The minimum absolute atomic E-state index is 0.0905. The number of carbonyl (C=O) groups excluding carboxylic acids is 1. The molecule has 0 atom stereocenters. The number of rotatable bonds is 4. The Bertz CT molecular complexity index is 782. The summed E-state index contributed by atoms with van der Waals surface area (Å²) in [7, 11) is 0.844. The van der Waals surface area contributed by atoms with Gasteiger partial charge in [0.25, 0.3) is 0 Å². The van der Waals surface area contributed by atoms with Gasteiger partial charge in [0.2, 0.25) is 0 Å². The van der Waals surface area contributed by atoms with Gasteiger partial charge in [0.1, 0.15) is 17.9 Å². The van der Waals surface area contributed by atoms with Gasteiger partial charge in [-0.15, -0.1) is 0 Å². The highest BCUT2D eigenvalue weighted by molar-refractivity contribution is 5.93. The summed E-state index contributed by atoms with van der Waals surface area (Å²) in [5.41, 5.74) is -3.82. The van der Waals surface area contributed by atoms with Gasteiger partial charge in [0.15, 0.2) is 0 Å². The van der Waals surface area contributed by atoms with Crippen LogP contribution in [0.2, 0.25) is 0 Å². The first-order chi connectivity index (χ1) is 12.0. The monoisotopic (exact) mass is 378 g/mol. The van der Waals surface area contributed by atoms with Crippen LogP contribution in [0, 0.1) is 0 Å². The van der Waals surface area contributed by atoms with E-state index < -0.39 is 40.8 Å². The molecule has 0 aliphatic carbocycles. The van der Waals surface area contributed by atoms with Crippen LogP contribution in [0.15, 0.2) is 42.5 Å². The molecule has 2 rings (SSSR count). The maximum atomic E-state index is 13.3. The first kappa shape index (κ1) is 19.6. The Labute approximate surface area is 144 Å². The van der Waals surface area contributed by atoms with Crippen molar-refractivity contribution in [3.05, 3.63) is 64.7 Å². The van der Waals surface area contributed by atoms with E-state index in [1.807, 2.05) is 0 Å². The van der Waals surface area contributed by atoms with Crippen molar-refractivity contribution in [2.45, 2.75) is 19.0 Å². The van der Waals surface area contributed by atoms with Gasteiger partial charge in [-0.3, -0.25) is 0 Å². The second-order valence-electron chi connectivity index (χ2n) is 5.16. The van der Waals surface area contributed by atoms with E-state index in [4.69, 9.17) is 4.74 Å². The first-order valence-corrected chi connectivity index (χ1v) is 7.11. The van der Waals surface area contributed by atoms with Crippen LogP contribution in [0.4, 0.5) is 26.3 Å². The summed E-state index contributed by atoms with van der Waals surface area (Å²) in [6.07, 6.45) is -10.3. The van der Waals surface area contributed by atoms with Crippen molar-refractivity contribution in [3.8, 4) is 5.75 Å². The van der Waals surface area contributed by atoms with Crippen LogP contribution in [-0.4, -0.2) is 13.1 Å². The number of methoxy groups -OCH3 is 1. The molecular formula is C17H12F6O3. The maximum absolute atomic E-state index is 13.3. The van der Waals surface area contributed by atoms with Gasteiger partial charge in [0, 0.05) is 0 Å². The summed E-state index contributed by atoms with van der Waals surface area (Å²) in [6, 6.07) is 8.18. The summed E-state index contributed by atoms with van der Waals surface area (Å²) in [6.45, 7) is -0.376. The molecule has 9 heteroatoms. The average molecular weight is 378 g/mol. The molecule has 26 heavy (non-hydrogen) atoms. The molecule has 140 valence electrons. The zero-order valence-corrected chi connectivity index (χ0v) is 13.2. The largest absolute Gasteiger partial charge is 0.487 e. The quantitative estimate of drug-likeness (QED) is 0.549. The molecule has 0 fully saturated rings. The highest BCUT2D eigenvalue weighted by Gasteiger charge is 2.41. The predicted octanol–water partition coefficient (Wildman–Crippen LogP) is 5.09. The normalized spacial score (nSPS) is 12.0. The molecule has 0 bridgehead atoms. The Morgan fingerprint density at radius 1 is 0.962 bits per heavy atom. The molecule has 2 aromatic rings. The number of hydrogen-bond donors (Lipinski definition) is 0. The number of carbonyl (C=O) groups is 1. The molecule has 0 aromatic heterocycles. The molecule has 2 aromatic carbocycles. The Hall–Kier alpha value is -2.71. The van der Waals surface area contributed by atoms with E-state index >= 15 is 0 Å². The van der Waals surface area contributed by atoms with E-state index in [0.717, 1.165) is 7.11 Å². The third-order valence-electron chi connectivity index (χ3n) is 3.35. The zero-order valence-electron chi connectivity index (χ0n) is 13.2. The number of halogens is 6. The highest BCUT2D eigenvalue weighted by atomic mass is 19.4. The Morgan fingerprint density at radius 2 is 1.58 bits per heavy atom. The fourth-order valence-corrected chi connectivity index (χ4v) is 2.15. The lowest BCUT2D eigenvalue weighted by molar-refractivity contribution is -0.144. The molecule has 0 N–H and O–H groups in total. The van der Waals surface area contributed by atoms with E-state index in [1.165, 1.54) is 0 Å². The third-order valence-corrected chi connectivity index (χ3v) is 3.35. The van der Waals surface area contributed by atoms with Crippen molar-refractivity contribution in [3.63, 3.8) is 0 Å². The standard InChI is InChI=1S/C17H12F6O3/c1-25-15(24)12-7-11(16(18,19)20)8-13(17(21,22)23)14(12)26-9-10-5-3-2-4-6-10/h2-8H,9H2,1H3. The van der Waals surface area contributed by atoms with Crippen molar-refractivity contribution in [2.24, 2.45) is 0 Å². The molecular weight excluding hydrogens is 366 g/mol. The van der Waals surface area contributed by atoms with Crippen LogP contribution in [-0.2, 0) is 23.7 Å². The Kier molecular flexibility index (Phi) is 5.48. The fraction of sp³-hybridized carbons (Fsp3) is 0.235. The van der Waals surface area contributed by atoms with Crippen LogP contribution in [0.5, 0.6) is 5.75 Å². The number of ether oxygens (including phenoxy) is 2. The first-order valence-electron chi connectivity index (χ1n) is 7.11. The smallest absolute Gasteiger partial charge is 0.420 e. The zero-order chi connectivity index (χ0) is 19.5. The summed E-state index contributed by atoms with van der Waals surface area (Å²) in [5, 5.41) is 0. The number of benzene rings is 2. The van der Waals surface area contributed by atoms with Crippen molar-refractivity contribution in [1.82, 2.24) is 0 Å². The fourth-order valence-electron chi connectivity index (χ4n) is 2.15. The lowest BCUT2D eigenvalue weighted by atomic mass is 10.0. The lowest BCUT2D eigenvalue weighted by Gasteiger charge is -2.19. The highest BCUT2D eigenvalue weighted by Crippen LogP contribution is 2.43. The maximum Gasteiger partial charge on any atom is 0.420 e. The van der Waals surface area contributed by atoms with E-state index in [9.17, 15) is 31.1 Å². The summed E-state index contributed by atoms with van der Waals surface area (Å²) < 4.78 is 88.0. The summed E-state index contributed by atoms with van der Waals surface area (Å²) in [4.78, 5) is 11.8. The minimum Gasteiger partial charge on any atom is -0.487 e. The van der Waals surface area contributed by atoms with Gasteiger partial charge >= 0.3 is 18.3 Å². The molecule has 0 heterocycles. The second-order valence-corrected chi connectivity index (χ2v) is 5.16. The Balaban J connectivity index is 2.60. The van der Waals surface area contributed by atoms with Crippen molar-refractivity contribution in [2.75, 3.05) is 7.11 Å². The molecule has 0 unspecified atom stereocenters. The van der Waals surface area contributed by atoms with Crippen LogP contribution in [0.25, 0.3) is 0 Å². The van der Waals surface area contributed by atoms with Crippen molar-refractivity contribution in [1.29, 1.82) is 0 Å². The third kappa shape index (κ3) is 4.47. The predicted molar refractivity (Wildman–Crippen MR) is 78.6 cm³/mol. The van der Waals surface area contributed by atoms with E-state index in [-0.39, 0.29) is 18.7 Å². The van der Waals surface area contributed by atoms with Gasteiger partial charge in [0.05, 0.1) is 18.2 Å². The van der Waals surface area contributed by atoms with E-state index in [0.29, 0.717) is 5.56 Å². The minimum atomic E-state index is -5.17. The molecule has 0 amide bonds. The molecule has 0 aliphatic heterocycles. The SMILES string of the molecule is COC(=O)c1cc(C(F)(F)F)cc(C(F)(F)F)c1OCc1ccccc1. The van der Waals surface area contributed by atoms with Gasteiger partial charge in [-0.25, -0.2) is 4.79 Å². The Morgan fingerprint density at radius 3 is 2.08 bits per heavy atom. The lowest BCUT2D eigenvalue weighted by Crippen LogP contribution is -2.17. The number of hydrogen-bond acceptors (Lipinski definition) is 3. The number of esters is 1. The average Bonchev–Trinajstić information content (AvgIpc) is 2.57. The van der Waals surface area contributed by atoms with E-state index in [2.05, 4.69) is 4.74 Å². The van der Waals surface area contributed by atoms with Gasteiger partial charge in [-0.05, 0) is 17.7 Å². The van der Waals surface area contributed by atoms with Crippen LogP contribution >= 0.6 is 0 Å². The molecule has 0 spiro atoms. The second kappa shape index (κ2) is 7.27. The van der Waals surface area contributed by atoms with Crippen molar-refractivity contribution >= 4 is 5.97 Å². The van der Waals surface area contributed by atoms with Crippen LogP contribution < -0.4 is 4.74 Å². The summed E-state index contributed by atoms with van der Waals surface area (Å²) in [5.74, 6) is -2.38. The van der Waals surface area contributed by atoms with Gasteiger partial charge in [-0.2, -0.15) is 26.3 Å². The van der Waals surface area contributed by atoms with Crippen LogP contribution in [0.1, 0.15) is 27.0 Å². The van der Waals surface area contributed by atoms with Gasteiger partial charge in [-0.1, -0.05) is 30.3 Å².